The molecule has 0 rings (SSSR count). The highest BCUT2D eigenvalue weighted by Crippen LogP contribution is 2.36. The average molecular weight is 506 g/mol. The van der Waals surface area contributed by atoms with Crippen molar-refractivity contribution in [3.63, 3.8) is 0 Å². The number of carbonyl (C=O) groups is 2. The summed E-state index contributed by atoms with van der Waals surface area (Å²) in [7, 11) is -0.478. The molecule has 0 aliphatic rings. The summed E-state index contributed by atoms with van der Waals surface area (Å²) in [6.45, 7) is 15.9. The first-order valence-electron chi connectivity index (χ1n) is 11.4. The standard InChI is InChI=1S/C23H43NO9Si/c1-17(14-22(27)32-18(2)15-24-33-34(8,9)23(4,5)6)31-21(26)11-10-20(19(3)25)30-16-29-13-12-28-7/h10-11,15,17-20,25H,12-14,16H2,1-9H3/b11-10+,24-15+/t17-,18-,19-,20+/m0/s1. The normalized spacial score (nSPS) is 16.3. The molecule has 10 nitrogen and oxygen atoms in total. The summed E-state index contributed by atoms with van der Waals surface area (Å²) in [5.41, 5.74) is 0. The Morgan fingerprint density at radius 1 is 1.09 bits per heavy atom. The maximum atomic E-state index is 12.1. The quantitative estimate of drug-likeness (QED) is 0.0641. The van der Waals surface area contributed by atoms with Crippen molar-refractivity contribution in [3.8, 4) is 0 Å². The van der Waals surface area contributed by atoms with E-state index >= 15 is 0 Å². The van der Waals surface area contributed by atoms with Crippen molar-refractivity contribution in [1.29, 1.82) is 0 Å². The summed E-state index contributed by atoms with van der Waals surface area (Å²) in [6.07, 6.45) is 0.906. The maximum Gasteiger partial charge on any atom is 0.330 e. The Bertz CT molecular complexity index is 659. The Morgan fingerprint density at radius 3 is 2.29 bits per heavy atom. The van der Waals surface area contributed by atoms with Crippen LogP contribution >= 0.6 is 0 Å². The molecule has 1 N–H and O–H groups in total. The van der Waals surface area contributed by atoms with E-state index in [-0.39, 0.29) is 18.3 Å². The van der Waals surface area contributed by atoms with Gasteiger partial charge in [0, 0.05) is 13.2 Å². The van der Waals surface area contributed by atoms with Crippen LogP contribution in [0.15, 0.2) is 17.3 Å². The Labute approximate surface area is 204 Å². The zero-order valence-corrected chi connectivity index (χ0v) is 23.0. The molecule has 0 fully saturated rings. The minimum Gasteiger partial charge on any atom is -0.459 e. The van der Waals surface area contributed by atoms with Gasteiger partial charge in [-0.1, -0.05) is 20.8 Å². The molecule has 0 radical (unpaired) electrons. The summed E-state index contributed by atoms with van der Waals surface area (Å²) in [5.74, 6) is -1.21. The smallest absolute Gasteiger partial charge is 0.330 e. The van der Waals surface area contributed by atoms with Crippen LogP contribution in [0.1, 0.15) is 48.0 Å². The van der Waals surface area contributed by atoms with Gasteiger partial charge in [0.25, 0.3) is 8.32 Å². The number of hydrogen-bond donors (Lipinski definition) is 1. The maximum absolute atomic E-state index is 12.1. The predicted molar refractivity (Wildman–Crippen MR) is 131 cm³/mol. The lowest BCUT2D eigenvalue weighted by molar-refractivity contribution is -0.152. The Kier molecular flexibility index (Phi) is 15.1. The number of rotatable bonds is 16. The van der Waals surface area contributed by atoms with Crippen molar-refractivity contribution in [2.75, 3.05) is 27.1 Å². The summed E-state index contributed by atoms with van der Waals surface area (Å²) >= 11 is 0. The fraction of sp³-hybridized carbons (Fsp3) is 0.783. The second kappa shape index (κ2) is 16.0. The topological polar surface area (TPSA) is 122 Å². The van der Waals surface area contributed by atoms with Crippen molar-refractivity contribution < 1.29 is 42.9 Å². The minimum atomic E-state index is -2.03. The van der Waals surface area contributed by atoms with Crippen molar-refractivity contribution >= 4 is 26.5 Å². The van der Waals surface area contributed by atoms with Crippen LogP contribution < -0.4 is 0 Å². The zero-order chi connectivity index (χ0) is 26.4. The van der Waals surface area contributed by atoms with Gasteiger partial charge in [-0.15, -0.1) is 5.16 Å². The number of aliphatic hydroxyl groups is 1. The second-order valence-electron chi connectivity index (χ2n) is 9.50. The van der Waals surface area contributed by atoms with E-state index in [4.69, 9.17) is 28.2 Å². The van der Waals surface area contributed by atoms with E-state index in [1.165, 1.54) is 19.2 Å². The molecule has 0 aromatic heterocycles. The predicted octanol–water partition coefficient (Wildman–Crippen LogP) is 3.19. The van der Waals surface area contributed by atoms with E-state index in [1.54, 1.807) is 21.0 Å². The molecule has 0 bridgehead atoms. The van der Waals surface area contributed by atoms with E-state index in [0.717, 1.165) is 6.08 Å². The van der Waals surface area contributed by atoms with Gasteiger partial charge in [-0.3, -0.25) is 4.79 Å². The molecule has 0 aliphatic carbocycles. The van der Waals surface area contributed by atoms with Gasteiger partial charge in [0.2, 0.25) is 0 Å². The molecule has 4 atom stereocenters. The third-order valence-electron chi connectivity index (χ3n) is 5.12. The number of ether oxygens (including phenoxy) is 5. The van der Waals surface area contributed by atoms with Gasteiger partial charge in [-0.25, -0.2) is 4.79 Å². The fourth-order valence-electron chi connectivity index (χ4n) is 2.04. The van der Waals surface area contributed by atoms with Gasteiger partial charge < -0.3 is 33.3 Å². The SMILES string of the molecule is COCCOCO[C@H](/C=C/C(=O)O[C@@H](C)CC(=O)O[C@@H](C)/C=N/O[Si](C)(C)C(C)(C)C)[C@H](C)O. The Balaban J connectivity index is 4.47. The van der Waals surface area contributed by atoms with E-state index < -0.39 is 44.7 Å². The Morgan fingerprint density at radius 2 is 1.74 bits per heavy atom. The minimum absolute atomic E-state index is 0.0111. The molecule has 0 amide bonds. The highest BCUT2D eigenvalue weighted by Gasteiger charge is 2.39. The molecule has 11 heteroatoms. The number of methoxy groups -OCH3 is 1. The lowest BCUT2D eigenvalue weighted by Gasteiger charge is -2.33. The molecule has 0 saturated heterocycles. The number of oxime groups is 1. The third kappa shape index (κ3) is 14.5. The zero-order valence-electron chi connectivity index (χ0n) is 22.0. The second-order valence-corrected chi connectivity index (χ2v) is 14.2. The number of aliphatic hydroxyl groups excluding tert-OH is 1. The molecule has 198 valence electrons. The van der Waals surface area contributed by atoms with Crippen LogP contribution in [0.4, 0.5) is 0 Å². The van der Waals surface area contributed by atoms with Crippen LogP contribution in [-0.2, 0) is 37.8 Å². The van der Waals surface area contributed by atoms with Crippen LogP contribution in [0.2, 0.25) is 18.1 Å². The molecule has 0 heterocycles. The average Bonchev–Trinajstić information content (AvgIpc) is 2.68. The van der Waals surface area contributed by atoms with Crippen molar-refractivity contribution in [1.82, 2.24) is 0 Å². The lowest BCUT2D eigenvalue weighted by Crippen LogP contribution is -2.39. The summed E-state index contributed by atoms with van der Waals surface area (Å²) in [4.78, 5) is 24.1. The van der Waals surface area contributed by atoms with Gasteiger partial charge in [0.15, 0.2) is 0 Å². The van der Waals surface area contributed by atoms with Crippen LogP contribution in [-0.4, -0.2) is 83.1 Å². The number of hydrogen-bond acceptors (Lipinski definition) is 10. The number of nitrogens with zero attached hydrogens (tertiary/aromatic N) is 1. The molecule has 0 spiro atoms. The Hall–Kier alpha value is -1.79. The van der Waals surface area contributed by atoms with E-state index in [0.29, 0.717) is 13.2 Å². The van der Waals surface area contributed by atoms with Crippen LogP contribution in [0, 0.1) is 0 Å². The van der Waals surface area contributed by atoms with E-state index in [9.17, 15) is 14.7 Å². The monoisotopic (exact) mass is 505 g/mol. The molecular weight excluding hydrogens is 462 g/mol. The highest BCUT2D eigenvalue weighted by atomic mass is 28.4. The lowest BCUT2D eigenvalue weighted by atomic mass is 10.2. The van der Waals surface area contributed by atoms with Crippen molar-refractivity contribution in [2.45, 2.75) is 90.5 Å². The molecule has 0 aromatic carbocycles. The van der Waals surface area contributed by atoms with Gasteiger partial charge in [-0.2, -0.15) is 0 Å². The summed E-state index contributed by atoms with van der Waals surface area (Å²) < 4.78 is 31.5. The third-order valence-corrected chi connectivity index (χ3v) is 9.29. The van der Waals surface area contributed by atoms with E-state index in [1.807, 2.05) is 0 Å². The summed E-state index contributed by atoms with van der Waals surface area (Å²) in [6, 6.07) is 0. The first kappa shape index (κ1) is 32.2. The molecule has 0 unspecified atom stereocenters. The van der Waals surface area contributed by atoms with Gasteiger partial charge >= 0.3 is 11.9 Å². The van der Waals surface area contributed by atoms with Gasteiger partial charge in [0.1, 0.15) is 25.1 Å². The largest absolute Gasteiger partial charge is 0.459 e. The molecule has 0 saturated carbocycles. The molecular formula is C23H43NO9Si. The first-order chi connectivity index (χ1) is 15.7. The van der Waals surface area contributed by atoms with Crippen LogP contribution in [0.25, 0.3) is 0 Å². The molecule has 0 aliphatic heterocycles. The van der Waals surface area contributed by atoms with Crippen molar-refractivity contribution in [2.24, 2.45) is 5.16 Å². The van der Waals surface area contributed by atoms with Crippen molar-refractivity contribution in [3.05, 3.63) is 12.2 Å². The molecule has 34 heavy (non-hydrogen) atoms. The van der Waals surface area contributed by atoms with Gasteiger partial charge in [0.05, 0.1) is 32.0 Å². The highest BCUT2D eigenvalue weighted by molar-refractivity contribution is 6.74. The van der Waals surface area contributed by atoms with E-state index in [2.05, 4.69) is 39.0 Å². The fourth-order valence-corrected chi connectivity index (χ4v) is 2.64. The van der Waals surface area contributed by atoms with Crippen LogP contribution in [0.5, 0.6) is 0 Å². The number of esters is 2. The molecule has 0 aromatic rings. The van der Waals surface area contributed by atoms with Gasteiger partial charge in [-0.05, 0) is 45.0 Å². The first-order valence-corrected chi connectivity index (χ1v) is 14.3. The number of carbonyl (C=O) groups excluding carboxylic acids is 2. The van der Waals surface area contributed by atoms with Crippen LogP contribution in [0.3, 0.4) is 0 Å². The summed E-state index contributed by atoms with van der Waals surface area (Å²) in [5, 5.41) is 13.8.